The summed E-state index contributed by atoms with van der Waals surface area (Å²) in [6, 6.07) is 0. The summed E-state index contributed by atoms with van der Waals surface area (Å²) >= 11 is 0. The van der Waals surface area contributed by atoms with Crippen LogP contribution in [0.1, 0.15) is 6.42 Å². The van der Waals surface area contributed by atoms with Crippen LogP contribution in [-0.2, 0) is 0 Å². The molecule has 1 fully saturated rings. The van der Waals surface area contributed by atoms with Gasteiger partial charge in [-0.1, -0.05) is 5.16 Å². The van der Waals surface area contributed by atoms with Gasteiger partial charge in [-0.15, -0.1) is 0 Å². The van der Waals surface area contributed by atoms with Crippen molar-refractivity contribution in [1.29, 1.82) is 0 Å². The van der Waals surface area contributed by atoms with Crippen molar-refractivity contribution in [2.24, 2.45) is 10.9 Å². The number of aliphatic hydroxyl groups is 2. The third kappa shape index (κ3) is 1.59. The summed E-state index contributed by atoms with van der Waals surface area (Å²) in [6.07, 6.45) is 0.430. The number of nitrogens with two attached hydrogens (primary N) is 1. The van der Waals surface area contributed by atoms with Crippen molar-refractivity contribution in [3.05, 3.63) is 0 Å². The van der Waals surface area contributed by atoms with E-state index in [4.69, 9.17) is 16.0 Å². The van der Waals surface area contributed by atoms with Gasteiger partial charge < -0.3 is 26.1 Å². The Morgan fingerprint density at radius 1 is 1.67 bits per heavy atom. The molecule has 0 aliphatic carbocycles. The fourth-order valence-electron chi connectivity index (χ4n) is 1.24. The van der Waals surface area contributed by atoms with E-state index in [9.17, 15) is 5.11 Å². The first kappa shape index (κ1) is 9.08. The van der Waals surface area contributed by atoms with E-state index in [1.54, 1.807) is 0 Å². The molecular weight excluding hydrogens is 162 g/mol. The van der Waals surface area contributed by atoms with Crippen LogP contribution in [0.15, 0.2) is 5.16 Å². The normalized spacial score (nSPS) is 31.2. The summed E-state index contributed by atoms with van der Waals surface area (Å²) in [4.78, 5) is 1.51. The van der Waals surface area contributed by atoms with Crippen LogP contribution >= 0.6 is 0 Å². The van der Waals surface area contributed by atoms with Crippen LogP contribution in [0.25, 0.3) is 0 Å². The molecule has 1 rings (SSSR count). The Bertz CT molecular complexity index is 196. The molecule has 5 N–H and O–H groups in total. The Kier molecular flexibility index (Phi) is 2.39. The molecule has 0 amide bonds. The molecule has 12 heavy (non-hydrogen) atoms. The van der Waals surface area contributed by atoms with Crippen molar-refractivity contribution in [1.82, 2.24) is 4.90 Å². The van der Waals surface area contributed by atoms with E-state index in [0.29, 0.717) is 13.0 Å². The lowest BCUT2D eigenvalue weighted by Gasteiger charge is -2.20. The van der Waals surface area contributed by atoms with Crippen LogP contribution in [0, 0.1) is 0 Å². The maximum absolute atomic E-state index is 9.53. The molecule has 0 spiro atoms. The summed E-state index contributed by atoms with van der Waals surface area (Å²) in [5.74, 6) is -0.0284. The van der Waals surface area contributed by atoms with Crippen molar-refractivity contribution < 1.29 is 15.4 Å². The molecule has 0 bridgehead atoms. The number of nitrogens with zero attached hydrogens (tertiary/aromatic N) is 2. The van der Waals surface area contributed by atoms with Gasteiger partial charge in [0, 0.05) is 6.54 Å². The zero-order valence-electron chi connectivity index (χ0n) is 6.64. The molecule has 1 atom stereocenters. The first-order valence-corrected chi connectivity index (χ1v) is 3.67. The molecule has 6 nitrogen and oxygen atoms in total. The molecule has 1 aliphatic rings. The van der Waals surface area contributed by atoms with E-state index >= 15 is 0 Å². The molecule has 1 aliphatic heterocycles. The molecule has 1 heterocycles. The van der Waals surface area contributed by atoms with Gasteiger partial charge in [-0.25, -0.2) is 0 Å². The summed E-state index contributed by atoms with van der Waals surface area (Å²) in [5.41, 5.74) is 4.19. The third-order valence-electron chi connectivity index (χ3n) is 2.05. The lowest BCUT2D eigenvalue weighted by Crippen LogP contribution is -2.41. The van der Waals surface area contributed by atoms with Gasteiger partial charge >= 0.3 is 0 Å². The Hall–Kier alpha value is -1.01. The Morgan fingerprint density at radius 2 is 2.33 bits per heavy atom. The van der Waals surface area contributed by atoms with Crippen LogP contribution in [0.4, 0.5) is 0 Å². The monoisotopic (exact) mass is 175 g/mol. The van der Waals surface area contributed by atoms with Crippen LogP contribution in [0.3, 0.4) is 0 Å². The Labute approximate surface area is 69.9 Å². The molecule has 0 saturated carbocycles. The molecule has 70 valence electrons. The number of likely N-dealkylation sites (tertiary alicyclic amines) is 1. The molecule has 1 saturated heterocycles. The molecule has 0 aromatic heterocycles. The van der Waals surface area contributed by atoms with Gasteiger partial charge in [0.05, 0.1) is 13.2 Å². The number of β-amino-alcohol motifs (C(OH)–C–C–N with tert-alkyl or cyclic N) is 1. The Balaban J connectivity index is 2.56. The number of guanidine groups is 1. The van der Waals surface area contributed by atoms with Gasteiger partial charge in [0.1, 0.15) is 5.60 Å². The molecule has 0 radical (unpaired) electrons. The van der Waals surface area contributed by atoms with E-state index < -0.39 is 5.60 Å². The number of rotatable bonds is 1. The van der Waals surface area contributed by atoms with Crippen LogP contribution < -0.4 is 5.73 Å². The fourth-order valence-corrected chi connectivity index (χ4v) is 1.24. The maximum atomic E-state index is 9.53. The van der Waals surface area contributed by atoms with E-state index in [1.165, 1.54) is 4.90 Å². The molecule has 1 unspecified atom stereocenters. The van der Waals surface area contributed by atoms with E-state index in [-0.39, 0.29) is 19.1 Å². The predicted octanol–water partition coefficient (Wildman–Crippen LogP) is -1.88. The minimum absolute atomic E-state index is 0.0284. The van der Waals surface area contributed by atoms with Crippen molar-refractivity contribution in [2.45, 2.75) is 12.0 Å². The summed E-state index contributed by atoms with van der Waals surface area (Å²) < 4.78 is 0. The summed E-state index contributed by atoms with van der Waals surface area (Å²) in [5, 5.41) is 29.4. The topological polar surface area (TPSA) is 102 Å². The predicted molar refractivity (Wildman–Crippen MR) is 41.6 cm³/mol. The summed E-state index contributed by atoms with van der Waals surface area (Å²) in [7, 11) is 0. The highest BCUT2D eigenvalue weighted by Gasteiger charge is 2.36. The second-order valence-corrected chi connectivity index (χ2v) is 3.01. The highest BCUT2D eigenvalue weighted by atomic mass is 16.4. The van der Waals surface area contributed by atoms with E-state index in [1.807, 2.05) is 0 Å². The smallest absolute Gasteiger partial charge is 0.233 e. The van der Waals surface area contributed by atoms with Crippen molar-refractivity contribution in [3.8, 4) is 0 Å². The highest BCUT2D eigenvalue weighted by molar-refractivity contribution is 5.77. The van der Waals surface area contributed by atoms with Crippen molar-refractivity contribution in [3.63, 3.8) is 0 Å². The third-order valence-corrected chi connectivity index (χ3v) is 2.05. The SMILES string of the molecule is N/C(=N\O)N1CCC(O)(CO)C1. The number of hydrogen-bond acceptors (Lipinski definition) is 4. The van der Waals surface area contributed by atoms with Gasteiger partial charge in [0.2, 0.25) is 5.96 Å². The second-order valence-electron chi connectivity index (χ2n) is 3.01. The van der Waals surface area contributed by atoms with Gasteiger partial charge in [0.15, 0.2) is 0 Å². The zero-order valence-corrected chi connectivity index (χ0v) is 6.64. The molecule has 6 heteroatoms. The lowest BCUT2D eigenvalue weighted by molar-refractivity contribution is -0.00155. The van der Waals surface area contributed by atoms with E-state index in [0.717, 1.165) is 0 Å². The first-order chi connectivity index (χ1) is 5.61. The lowest BCUT2D eigenvalue weighted by atomic mass is 10.1. The molecule has 0 aromatic carbocycles. The minimum atomic E-state index is -1.10. The average Bonchev–Trinajstić information content (AvgIpc) is 2.48. The fraction of sp³-hybridized carbons (Fsp3) is 0.833. The molecule has 0 aromatic rings. The maximum Gasteiger partial charge on any atom is 0.233 e. The van der Waals surface area contributed by atoms with Crippen molar-refractivity contribution in [2.75, 3.05) is 19.7 Å². The number of hydrogen-bond donors (Lipinski definition) is 4. The van der Waals surface area contributed by atoms with Gasteiger partial charge in [-0.2, -0.15) is 0 Å². The first-order valence-electron chi connectivity index (χ1n) is 3.67. The van der Waals surface area contributed by atoms with Gasteiger partial charge in [-0.05, 0) is 6.42 Å². The van der Waals surface area contributed by atoms with Crippen LogP contribution in [0.5, 0.6) is 0 Å². The minimum Gasteiger partial charge on any atom is -0.408 e. The highest BCUT2D eigenvalue weighted by Crippen LogP contribution is 2.19. The standard InChI is InChI=1S/C6H13N3O3/c7-5(8-12)9-2-1-6(11,3-9)4-10/h10-12H,1-4H2,(H2,7,8). The zero-order chi connectivity index (χ0) is 9.19. The largest absolute Gasteiger partial charge is 0.408 e. The van der Waals surface area contributed by atoms with Gasteiger partial charge in [0.25, 0.3) is 0 Å². The van der Waals surface area contributed by atoms with E-state index in [2.05, 4.69) is 5.16 Å². The summed E-state index contributed by atoms with van der Waals surface area (Å²) in [6.45, 7) is 0.397. The average molecular weight is 175 g/mol. The number of oxime groups is 1. The Morgan fingerprint density at radius 3 is 2.75 bits per heavy atom. The quantitative estimate of drug-likeness (QED) is 0.162. The number of aliphatic hydroxyl groups excluding tert-OH is 1. The van der Waals surface area contributed by atoms with Crippen molar-refractivity contribution >= 4 is 5.96 Å². The van der Waals surface area contributed by atoms with Crippen LogP contribution in [0.2, 0.25) is 0 Å². The second kappa shape index (κ2) is 3.16. The molecular formula is C6H13N3O3. The van der Waals surface area contributed by atoms with Crippen LogP contribution in [-0.4, -0.2) is 51.6 Å². The van der Waals surface area contributed by atoms with Gasteiger partial charge in [-0.3, -0.25) is 0 Å².